The largest absolute Gasteiger partial charge is 0.310 e. The van der Waals surface area contributed by atoms with E-state index in [4.69, 9.17) is 16.7 Å². The summed E-state index contributed by atoms with van der Waals surface area (Å²) in [5.41, 5.74) is 3.34. The van der Waals surface area contributed by atoms with Gasteiger partial charge in [0, 0.05) is 24.6 Å². The highest BCUT2D eigenvalue weighted by Gasteiger charge is 2.23. The highest BCUT2D eigenvalue weighted by atomic mass is 35.5. The van der Waals surface area contributed by atoms with Gasteiger partial charge < -0.3 is 4.72 Å². The van der Waals surface area contributed by atoms with Gasteiger partial charge in [0.1, 0.15) is 5.82 Å². The van der Waals surface area contributed by atoms with Gasteiger partial charge in [0.05, 0.1) is 22.3 Å². The summed E-state index contributed by atoms with van der Waals surface area (Å²) in [7, 11) is 1.97. The highest BCUT2D eigenvalue weighted by molar-refractivity contribution is 8.00. The molecular formula is C21H24ClN5S. The van der Waals surface area contributed by atoms with Crippen LogP contribution in [0, 0.1) is 0 Å². The van der Waals surface area contributed by atoms with Gasteiger partial charge in [-0.25, -0.2) is 4.52 Å². The van der Waals surface area contributed by atoms with E-state index in [-0.39, 0.29) is 11.5 Å². The molecule has 3 aromatic rings. The summed E-state index contributed by atoms with van der Waals surface area (Å²) < 4.78 is 5.29. The van der Waals surface area contributed by atoms with Crippen molar-refractivity contribution in [2.45, 2.75) is 43.5 Å². The topological polar surface area (TPSA) is 44.9 Å². The third-order valence-electron chi connectivity index (χ3n) is 4.97. The fraction of sp³-hybridized carbons (Fsp3) is 0.333. The number of hydrogen-bond donors (Lipinski definition) is 1. The first-order valence-corrected chi connectivity index (χ1v) is 10.5. The van der Waals surface area contributed by atoms with Crippen molar-refractivity contribution in [2.75, 3.05) is 11.8 Å². The average molecular weight is 414 g/mol. The van der Waals surface area contributed by atoms with Gasteiger partial charge in [0.2, 0.25) is 0 Å². The van der Waals surface area contributed by atoms with E-state index in [9.17, 15) is 0 Å². The van der Waals surface area contributed by atoms with Crippen molar-refractivity contribution in [3.8, 4) is 0 Å². The van der Waals surface area contributed by atoms with Crippen LogP contribution in [0.5, 0.6) is 0 Å². The second-order valence-corrected chi connectivity index (χ2v) is 9.32. The predicted molar refractivity (Wildman–Crippen MR) is 118 cm³/mol. The van der Waals surface area contributed by atoms with Gasteiger partial charge in [0.25, 0.3) is 0 Å². The maximum atomic E-state index is 6.42. The zero-order chi connectivity index (χ0) is 19.9. The van der Waals surface area contributed by atoms with Crippen LogP contribution in [0.3, 0.4) is 0 Å². The van der Waals surface area contributed by atoms with E-state index in [0.717, 1.165) is 28.3 Å². The van der Waals surface area contributed by atoms with E-state index in [1.165, 1.54) is 5.56 Å². The molecule has 0 saturated heterocycles. The van der Waals surface area contributed by atoms with Crippen molar-refractivity contribution in [2.24, 2.45) is 5.10 Å². The number of anilines is 1. The predicted octanol–water partition coefficient (Wildman–Crippen LogP) is 5.77. The van der Waals surface area contributed by atoms with Crippen LogP contribution >= 0.6 is 23.5 Å². The van der Waals surface area contributed by atoms with Crippen LogP contribution in [0.15, 0.2) is 52.5 Å². The number of aromatic nitrogens is 2. The van der Waals surface area contributed by atoms with Gasteiger partial charge in [-0.15, -0.1) is 0 Å². The zero-order valence-corrected chi connectivity index (χ0v) is 18.1. The lowest BCUT2D eigenvalue weighted by molar-refractivity contribution is 0.284. The summed E-state index contributed by atoms with van der Waals surface area (Å²) >= 11 is 7.99. The Kier molecular flexibility index (Phi) is 5.02. The number of halogens is 1. The summed E-state index contributed by atoms with van der Waals surface area (Å²) in [4.78, 5) is 1.15. The number of pyridine rings is 1. The third kappa shape index (κ3) is 3.71. The van der Waals surface area contributed by atoms with E-state index in [1.54, 1.807) is 11.9 Å². The molecule has 146 valence electrons. The molecule has 5 nitrogen and oxygen atoms in total. The van der Waals surface area contributed by atoms with Crippen LogP contribution in [0.25, 0.3) is 5.52 Å². The normalized spacial score (nSPS) is 16.9. The molecule has 1 N–H and O–H groups in total. The lowest BCUT2D eigenvalue weighted by Crippen LogP contribution is -2.14. The minimum atomic E-state index is 0.154. The number of hydrogen-bond acceptors (Lipinski definition) is 5. The molecule has 2 aromatic heterocycles. The Morgan fingerprint density at radius 3 is 2.54 bits per heavy atom. The Labute approximate surface area is 174 Å². The first-order valence-electron chi connectivity index (χ1n) is 9.30. The number of nitrogens with zero attached hydrogens (tertiary/aromatic N) is 4. The number of fused-ring (bicyclic) bond motifs is 1. The molecule has 1 atom stereocenters. The minimum Gasteiger partial charge on any atom is -0.310 e. The van der Waals surface area contributed by atoms with Gasteiger partial charge in [-0.3, -0.25) is 5.01 Å². The molecule has 0 bridgehead atoms. The molecule has 0 aliphatic carbocycles. The Hall–Kier alpha value is -2.18. The minimum absolute atomic E-state index is 0.154. The third-order valence-corrected chi connectivity index (χ3v) is 6.11. The van der Waals surface area contributed by atoms with Gasteiger partial charge in [0.15, 0.2) is 0 Å². The maximum Gasteiger partial charge on any atom is 0.138 e. The SMILES string of the molecule is CN1N=CCC1c1cc2c(Cl)ccc(NSc3ccc(C(C)(C)C)cc3)n2n1. The molecule has 1 aliphatic heterocycles. The maximum absolute atomic E-state index is 6.42. The molecule has 28 heavy (non-hydrogen) atoms. The molecule has 0 radical (unpaired) electrons. The smallest absolute Gasteiger partial charge is 0.138 e. The quantitative estimate of drug-likeness (QED) is 0.551. The van der Waals surface area contributed by atoms with Crippen LogP contribution in [0.4, 0.5) is 5.82 Å². The molecule has 0 fully saturated rings. The molecule has 0 saturated carbocycles. The Morgan fingerprint density at radius 1 is 1.14 bits per heavy atom. The molecule has 3 heterocycles. The molecule has 1 unspecified atom stereocenters. The van der Waals surface area contributed by atoms with Crippen LogP contribution in [-0.2, 0) is 5.41 Å². The van der Waals surface area contributed by atoms with E-state index >= 15 is 0 Å². The van der Waals surface area contributed by atoms with E-state index < -0.39 is 0 Å². The summed E-state index contributed by atoms with van der Waals surface area (Å²) in [5, 5.41) is 11.7. The van der Waals surface area contributed by atoms with Crippen molar-refractivity contribution in [1.82, 2.24) is 14.6 Å². The fourth-order valence-electron chi connectivity index (χ4n) is 3.26. The van der Waals surface area contributed by atoms with Crippen molar-refractivity contribution in [1.29, 1.82) is 0 Å². The highest BCUT2D eigenvalue weighted by Crippen LogP contribution is 2.32. The Balaban J connectivity index is 1.57. The van der Waals surface area contributed by atoms with Crippen LogP contribution in [-0.4, -0.2) is 27.9 Å². The second-order valence-electron chi connectivity index (χ2n) is 8.03. The number of rotatable bonds is 4. The number of hydrazone groups is 1. The Bertz CT molecular complexity index is 1020. The van der Waals surface area contributed by atoms with Crippen LogP contribution < -0.4 is 4.72 Å². The van der Waals surface area contributed by atoms with Crippen molar-refractivity contribution in [3.63, 3.8) is 0 Å². The average Bonchev–Trinajstić information content (AvgIpc) is 3.27. The molecular weight excluding hydrogens is 390 g/mol. The molecule has 1 aliphatic rings. The molecule has 0 amide bonds. The monoisotopic (exact) mass is 413 g/mol. The van der Waals surface area contributed by atoms with Gasteiger partial charge in [-0.2, -0.15) is 10.2 Å². The first-order chi connectivity index (χ1) is 13.3. The van der Waals surface area contributed by atoms with E-state index in [0.29, 0.717) is 5.02 Å². The van der Waals surface area contributed by atoms with Gasteiger partial charge >= 0.3 is 0 Å². The van der Waals surface area contributed by atoms with Crippen LogP contribution in [0.1, 0.15) is 44.5 Å². The summed E-state index contributed by atoms with van der Waals surface area (Å²) in [5.74, 6) is 0.886. The lowest BCUT2D eigenvalue weighted by Gasteiger charge is -2.19. The summed E-state index contributed by atoms with van der Waals surface area (Å²) in [6.07, 6.45) is 2.78. The summed E-state index contributed by atoms with van der Waals surface area (Å²) in [6, 6.07) is 14.7. The van der Waals surface area contributed by atoms with E-state index in [2.05, 4.69) is 54.9 Å². The molecule has 4 rings (SSSR count). The van der Waals surface area contributed by atoms with Gasteiger partial charge in [-0.05, 0) is 53.3 Å². The molecule has 7 heteroatoms. The van der Waals surface area contributed by atoms with Crippen molar-refractivity contribution < 1.29 is 0 Å². The molecule has 1 aromatic carbocycles. The second kappa shape index (κ2) is 7.33. The van der Waals surface area contributed by atoms with Gasteiger partial charge in [-0.1, -0.05) is 44.5 Å². The Morgan fingerprint density at radius 2 is 1.89 bits per heavy atom. The number of benzene rings is 1. The van der Waals surface area contributed by atoms with Crippen molar-refractivity contribution in [3.05, 3.63) is 58.7 Å². The lowest BCUT2D eigenvalue weighted by atomic mass is 9.87. The van der Waals surface area contributed by atoms with Crippen LogP contribution in [0.2, 0.25) is 5.02 Å². The zero-order valence-electron chi connectivity index (χ0n) is 16.5. The fourth-order valence-corrected chi connectivity index (χ4v) is 4.10. The molecule has 0 spiro atoms. The van der Waals surface area contributed by atoms with Crippen molar-refractivity contribution >= 4 is 41.1 Å². The van der Waals surface area contributed by atoms with E-state index in [1.807, 2.05) is 41.0 Å². The number of nitrogens with one attached hydrogen (secondary N) is 1. The first kappa shape index (κ1) is 19.2. The standard InChI is InChI=1S/C21H24ClN5S/c1-21(2,3)14-5-7-15(8-6-14)28-25-20-10-9-16(22)19-13-17(24-27(19)20)18-11-12-23-26(18)4/h5-10,12-13,18,25H,11H2,1-4H3. The summed E-state index contributed by atoms with van der Waals surface area (Å²) in [6.45, 7) is 6.67.